The van der Waals surface area contributed by atoms with Gasteiger partial charge in [0.2, 0.25) is 0 Å². The molecule has 0 amide bonds. The second-order valence-corrected chi connectivity index (χ2v) is 4.31. The van der Waals surface area contributed by atoms with Crippen molar-refractivity contribution in [3.63, 3.8) is 0 Å². The molecule has 1 aromatic heterocycles. The molecule has 1 heterocycles. The second kappa shape index (κ2) is 4.22. The third-order valence-electron chi connectivity index (χ3n) is 2.70. The maximum atomic E-state index is 7.43. The first kappa shape index (κ1) is 11.7. The fourth-order valence-corrected chi connectivity index (χ4v) is 1.82. The van der Waals surface area contributed by atoms with E-state index in [-0.39, 0.29) is 5.84 Å². The largest absolute Gasteiger partial charge is 0.384 e. The molecule has 17 heavy (non-hydrogen) atoms. The van der Waals surface area contributed by atoms with Crippen LogP contribution in [0.4, 0.5) is 0 Å². The smallest absolute Gasteiger partial charge is 0.126 e. The van der Waals surface area contributed by atoms with Crippen LogP contribution >= 0.6 is 11.6 Å². The molecule has 2 rings (SSSR count). The highest BCUT2D eigenvalue weighted by molar-refractivity contribution is 6.31. The lowest BCUT2D eigenvalue weighted by molar-refractivity contribution is 0.846. The number of halogens is 1. The van der Waals surface area contributed by atoms with Gasteiger partial charge in [0, 0.05) is 5.02 Å². The predicted octanol–water partition coefficient (Wildman–Crippen LogP) is 2.43. The number of nitrogens with two attached hydrogens (primary N) is 1. The van der Waals surface area contributed by atoms with Crippen LogP contribution in [0.3, 0.4) is 0 Å². The average molecular weight is 249 g/mol. The molecule has 88 valence electrons. The van der Waals surface area contributed by atoms with Crippen molar-refractivity contribution in [3.05, 3.63) is 46.2 Å². The summed E-state index contributed by atoms with van der Waals surface area (Å²) in [6.45, 7) is 3.82. The molecule has 0 aliphatic carbocycles. The summed E-state index contributed by atoms with van der Waals surface area (Å²) in [6.07, 6.45) is 1.59. The van der Waals surface area contributed by atoms with Crippen molar-refractivity contribution in [1.29, 1.82) is 5.41 Å². The highest BCUT2D eigenvalue weighted by Crippen LogP contribution is 2.21. The Kier molecular flexibility index (Phi) is 2.90. The number of nitrogens with one attached hydrogen (secondary N) is 1. The Hall–Kier alpha value is -1.81. The first-order chi connectivity index (χ1) is 8.00. The molecule has 0 unspecified atom stereocenters. The van der Waals surface area contributed by atoms with Gasteiger partial charge in [-0.1, -0.05) is 17.7 Å². The third-order valence-corrected chi connectivity index (χ3v) is 3.11. The van der Waals surface area contributed by atoms with Gasteiger partial charge in [-0.05, 0) is 31.5 Å². The van der Waals surface area contributed by atoms with Gasteiger partial charge >= 0.3 is 0 Å². The van der Waals surface area contributed by atoms with Crippen molar-refractivity contribution in [3.8, 4) is 5.69 Å². The van der Waals surface area contributed by atoms with Gasteiger partial charge in [-0.2, -0.15) is 5.10 Å². The van der Waals surface area contributed by atoms with Crippen LogP contribution in [-0.4, -0.2) is 15.6 Å². The molecule has 0 radical (unpaired) electrons. The van der Waals surface area contributed by atoms with Gasteiger partial charge in [0.1, 0.15) is 5.84 Å². The van der Waals surface area contributed by atoms with Crippen molar-refractivity contribution in [1.82, 2.24) is 9.78 Å². The standard InChI is InChI=1S/C12H13ClN4/c1-7-3-4-9(5-11(7)13)17-8(2)10(6-16-17)12(14)15/h3-6H,1-2H3,(H3,14,15). The first-order valence-electron chi connectivity index (χ1n) is 5.16. The lowest BCUT2D eigenvalue weighted by Crippen LogP contribution is -2.12. The van der Waals surface area contributed by atoms with Gasteiger partial charge in [-0.15, -0.1) is 0 Å². The Morgan fingerprint density at radius 2 is 2.12 bits per heavy atom. The van der Waals surface area contributed by atoms with Crippen LogP contribution in [0.5, 0.6) is 0 Å². The molecule has 0 spiro atoms. The van der Waals surface area contributed by atoms with Crippen LogP contribution in [0, 0.1) is 19.3 Å². The zero-order valence-electron chi connectivity index (χ0n) is 9.66. The lowest BCUT2D eigenvalue weighted by atomic mass is 10.2. The van der Waals surface area contributed by atoms with Gasteiger partial charge in [0.25, 0.3) is 0 Å². The number of hydrogen-bond donors (Lipinski definition) is 2. The highest BCUT2D eigenvalue weighted by Gasteiger charge is 2.10. The van der Waals surface area contributed by atoms with Crippen molar-refractivity contribution < 1.29 is 0 Å². The highest BCUT2D eigenvalue weighted by atomic mass is 35.5. The van der Waals surface area contributed by atoms with Crippen molar-refractivity contribution in [2.24, 2.45) is 5.73 Å². The van der Waals surface area contributed by atoms with Crippen LogP contribution < -0.4 is 5.73 Å². The summed E-state index contributed by atoms with van der Waals surface area (Å²) >= 11 is 6.08. The molecule has 4 nitrogen and oxygen atoms in total. The lowest BCUT2D eigenvalue weighted by Gasteiger charge is -2.07. The summed E-state index contributed by atoms with van der Waals surface area (Å²) < 4.78 is 1.72. The molecule has 5 heteroatoms. The fourth-order valence-electron chi connectivity index (χ4n) is 1.65. The van der Waals surface area contributed by atoms with Gasteiger partial charge in [0.05, 0.1) is 23.1 Å². The van der Waals surface area contributed by atoms with E-state index in [1.807, 2.05) is 32.0 Å². The Morgan fingerprint density at radius 3 is 2.65 bits per heavy atom. The molecule has 0 aliphatic rings. The van der Waals surface area contributed by atoms with E-state index in [1.54, 1.807) is 10.9 Å². The SMILES string of the molecule is Cc1ccc(-n2ncc(C(=N)N)c2C)cc1Cl. The number of aromatic nitrogens is 2. The molecule has 1 aromatic carbocycles. The van der Waals surface area contributed by atoms with Gasteiger partial charge < -0.3 is 5.73 Å². The van der Waals surface area contributed by atoms with Crippen molar-refractivity contribution in [2.45, 2.75) is 13.8 Å². The van der Waals surface area contributed by atoms with E-state index >= 15 is 0 Å². The molecule has 0 aliphatic heterocycles. The summed E-state index contributed by atoms with van der Waals surface area (Å²) in [7, 11) is 0. The molecule has 0 atom stereocenters. The summed E-state index contributed by atoms with van der Waals surface area (Å²) in [5, 5.41) is 12.3. The molecule has 3 N–H and O–H groups in total. The van der Waals surface area contributed by atoms with E-state index in [0.717, 1.165) is 16.9 Å². The number of nitrogens with zero attached hydrogens (tertiary/aromatic N) is 2. The molecule has 0 fully saturated rings. The minimum Gasteiger partial charge on any atom is -0.384 e. The van der Waals surface area contributed by atoms with E-state index in [4.69, 9.17) is 22.7 Å². The third kappa shape index (κ3) is 2.03. The molecule has 0 saturated carbocycles. The topological polar surface area (TPSA) is 67.7 Å². The van der Waals surface area contributed by atoms with Crippen LogP contribution in [0.15, 0.2) is 24.4 Å². The van der Waals surface area contributed by atoms with Crippen LogP contribution in [-0.2, 0) is 0 Å². The summed E-state index contributed by atoms with van der Waals surface area (Å²) in [5.74, 6) is 0.0203. The van der Waals surface area contributed by atoms with Crippen molar-refractivity contribution >= 4 is 17.4 Å². The Labute approximate surface area is 105 Å². The Bertz CT molecular complexity index is 586. The van der Waals surface area contributed by atoms with E-state index in [1.165, 1.54) is 0 Å². The maximum absolute atomic E-state index is 7.43. The summed E-state index contributed by atoms with van der Waals surface area (Å²) in [4.78, 5) is 0. The normalized spacial score (nSPS) is 10.5. The average Bonchev–Trinajstić information content (AvgIpc) is 2.64. The maximum Gasteiger partial charge on any atom is 0.126 e. The fraction of sp³-hybridized carbons (Fsp3) is 0.167. The number of hydrogen-bond acceptors (Lipinski definition) is 2. The van der Waals surface area contributed by atoms with Crippen molar-refractivity contribution in [2.75, 3.05) is 0 Å². The molecule has 0 saturated heterocycles. The van der Waals surface area contributed by atoms with E-state index in [2.05, 4.69) is 5.10 Å². The predicted molar refractivity (Wildman–Crippen MR) is 69.1 cm³/mol. The zero-order valence-corrected chi connectivity index (χ0v) is 10.4. The van der Waals surface area contributed by atoms with Gasteiger partial charge in [-0.3, -0.25) is 5.41 Å². The number of nitrogen functional groups attached to an aromatic ring is 1. The molecular weight excluding hydrogens is 236 g/mol. The Morgan fingerprint density at radius 1 is 1.41 bits per heavy atom. The first-order valence-corrected chi connectivity index (χ1v) is 5.54. The number of amidine groups is 1. The summed E-state index contributed by atoms with van der Waals surface area (Å²) in [5.41, 5.74) is 8.82. The van der Waals surface area contributed by atoms with Crippen LogP contribution in [0.1, 0.15) is 16.8 Å². The van der Waals surface area contributed by atoms with E-state index in [9.17, 15) is 0 Å². The van der Waals surface area contributed by atoms with Gasteiger partial charge in [-0.25, -0.2) is 4.68 Å². The molecule has 0 bridgehead atoms. The van der Waals surface area contributed by atoms with Crippen LogP contribution in [0.2, 0.25) is 5.02 Å². The monoisotopic (exact) mass is 248 g/mol. The van der Waals surface area contributed by atoms with E-state index < -0.39 is 0 Å². The van der Waals surface area contributed by atoms with E-state index in [0.29, 0.717) is 10.6 Å². The quantitative estimate of drug-likeness (QED) is 0.633. The number of rotatable bonds is 2. The molecule has 2 aromatic rings. The van der Waals surface area contributed by atoms with Gasteiger partial charge in [0.15, 0.2) is 0 Å². The summed E-state index contributed by atoms with van der Waals surface area (Å²) in [6, 6.07) is 5.72. The number of benzene rings is 1. The molecular formula is C12H13ClN4. The zero-order chi connectivity index (χ0) is 12.6. The Balaban J connectivity index is 2.53. The van der Waals surface area contributed by atoms with Crippen LogP contribution in [0.25, 0.3) is 5.69 Å². The minimum absolute atomic E-state index is 0.0203. The number of aryl methyl sites for hydroxylation is 1. The minimum atomic E-state index is 0.0203. The second-order valence-electron chi connectivity index (χ2n) is 3.90.